The second-order valence-electron chi connectivity index (χ2n) is 8.99. The molecule has 1 N–H and O–H groups in total. The Kier molecular flexibility index (Phi) is 5.29. The van der Waals surface area contributed by atoms with Crippen LogP contribution in [-0.4, -0.2) is 51.4 Å². The van der Waals surface area contributed by atoms with Gasteiger partial charge >= 0.3 is 0 Å². The van der Waals surface area contributed by atoms with E-state index in [-0.39, 0.29) is 17.4 Å². The van der Waals surface area contributed by atoms with E-state index in [1.807, 2.05) is 19.3 Å². The van der Waals surface area contributed by atoms with Crippen LogP contribution in [0.4, 0.5) is 5.95 Å². The summed E-state index contributed by atoms with van der Waals surface area (Å²) in [6, 6.07) is 1.96. The molecular weight excluding hydrogens is 368 g/mol. The van der Waals surface area contributed by atoms with E-state index >= 15 is 0 Å². The van der Waals surface area contributed by atoms with Gasteiger partial charge in [-0.1, -0.05) is 20.8 Å². The highest BCUT2D eigenvalue weighted by Crippen LogP contribution is 2.23. The van der Waals surface area contributed by atoms with Gasteiger partial charge in [0.05, 0.1) is 24.6 Å². The lowest BCUT2D eigenvalue weighted by molar-refractivity contribution is 0.0923. The summed E-state index contributed by atoms with van der Waals surface area (Å²) in [6.07, 6.45) is 4.65. The number of aromatic nitrogens is 4. The lowest BCUT2D eigenvalue weighted by atomic mass is 9.92. The van der Waals surface area contributed by atoms with E-state index in [1.165, 1.54) is 0 Å². The summed E-state index contributed by atoms with van der Waals surface area (Å²) in [5.74, 6) is 0.672. The van der Waals surface area contributed by atoms with E-state index in [9.17, 15) is 4.79 Å². The Balaban J connectivity index is 1.44. The van der Waals surface area contributed by atoms with E-state index in [2.05, 4.69) is 41.1 Å². The van der Waals surface area contributed by atoms with Crippen molar-refractivity contribution < 1.29 is 9.53 Å². The summed E-state index contributed by atoms with van der Waals surface area (Å²) in [5.41, 5.74) is 3.58. The van der Waals surface area contributed by atoms with Crippen molar-refractivity contribution in [3.63, 3.8) is 0 Å². The number of carbonyl (C=O) groups excluding carboxylic acids is 1. The number of aryl methyl sites for hydroxylation is 1. The van der Waals surface area contributed by atoms with Crippen molar-refractivity contribution in [1.82, 2.24) is 25.1 Å². The molecular formula is C21H30N6O2. The number of ether oxygens (including phenoxy) is 1. The number of nitrogens with zero attached hydrogens (tertiary/aromatic N) is 5. The first kappa shape index (κ1) is 19.8. The molecule has 2 aliphatic rings. The molecule has 2 aromatic heterocycles. The molecule has 156 valence electrons. The Bertz CT molecular complexity index is 901. The van der Waals surface area contributed by atoms with Gasteiger partial charge in [0.2, 0.25) is 5.95 Å². The summed E-state index contributed by atoms with van der Waals surface area (Å²) >= 11 is 0. The van der Waals surface area contributed by atoms with Gasteiger partial charge in [0.25, 0.3) is 5.91 Å². The standard InChI is InChI=1S/C21H30N6O2/c1-21(2,3)18-10-17(26(4)25-18)19(28)23-15-6-5-8-27(12-15)20-22-11-14-13-29-9-7-16(14)24-20/h10-11,15H,5-9,12-13H2,1-4H3,(H,23,28)/t15-/m0/s1. The molecule has 0 radical (unpaired) electrons. The number of rotatable bonds is 3. The summed E-state index contributed by atoms with van der Waals surface area (Å²) < 4.78 is 7.14. The number of amides is 1. The molecule has 8 heteroatoms. The normalized spacial score (nSPS) is 19.7. The zero-order valence-corrected chi connectivity index (χ0v) is 17.7. The maximum absolute atomic E-state index is 12.9. The zero-order chi connectivity index (χ0) is 20.6. The van der Waals surface area contributed by atoms with Gasteiger partial charge < -0.3 is 15.0 Å². The molecule has 1 amide bonds. The number of carbonyl (C=O) groups is 1. The predicted molar refractivity (Wildman–Crippen MR) is 110 cm³/mol. The molecule has 4 heterocycles. The van der Waals surface area contributed by atoms with Crippen LogP contribution in [0.5, 0.6) is 0 Å². The quantitative estimate of drug-likeness (QED) is 0.851. The van der Waals surface area contributed by atoms with Crippen LogP contribution in [0.15, 0.2) is 12.3 Å². The van der Waals surface area contributed by atoms with Crippen LogP contribution in [0.2, 0.25) is 0 Å². The lowest BCUT2D eigenvalue weighted by Crippen LogP contribution is -2.48. The molecule has 0 spiro atoms. The molecule has 0 saturated carbocycles. The monoisotopic (exact) mass is 398 g/mol. The molecule has 0 bridgehead atoms. The summed E-state index contributed by atoms with van der Waals surface area (Å²) in [6.45, 7) is 9.22. The first-order valence-corrected chi connectivity index (χ1v) is 10.3. The number of hydrogen-bond acceptors (Lipinski definition) is 6. The molecule has 29 heavy (non-hydrogen) atoms. The minimum atomic E-state index is -0.0905. The first-order chi connectivity index (χ1) is 13.8. The van der Waals surface area contributed by atoms with E-state index in [0.29, 0.717) is 25.5 Å². The largest absolute Gasteiger partial charge is 0.376 e. The molecule has 8 nitrogen and oxygen atoms in total. The molecule has 1 saturated heterocycles. The van der Waals surface area contributed by atoms with Gasteiger partial charge in [0.15, 0.2) is 0 Å². The Labute approximate surface area is 171 Å². The predicted octanol–water partition coefficient (Wildman–Crippen LogP) is 1.98. The van der Waals surface area contributed by atoms with Crippen LogP contribution in [0.1, 0.15) is 61.1 Å². The summed E-state index contributed by atoms with van der Waals surface area (Å²) in [4.78, 5) is 24.3. The van der Waals surface area contributed by atoms with Crippen molar-refractivity contribution in [2.75, 3.05) is 24.6 Å². The third kappa shape index (κ3) is 4.27. The van der Waals surface area contributed by atoms with E-state index in [1.54, 1.807) is 4.68 Å². The Hall–Kier alpha value is -2.48. The fourth-order valence-corrected chi connectivity index (χ4v) is 3.85. The van der Waals surface area contributed by atoms with Gasteiger partial charge in [-0.15, -0.1) is 0 Å². The van der Waals surface area contributed by atoms with Gasteiger partial charge in [-0.25, -0.2) is 9.97 Å². The van der Waals surface area contributed by atoms with Crippen LogP contribution in [-0.2, 0) is 30.2 Å². The maximum Gasteiger partial charge on any atom is 0.269 e. The topological polar surface area (TPSA) is 85.2 Å². The highest BCUT2D eigenvalue weighted by atomic mass is 16.5. The molecule has 2 aliphatic heterocycles. The summed E-state index contributed by atoms with van der Waals surface area (Å²) in [7, 11) is 1.82. The smallest absolute Gasteiger partial charge is 0.269 e. The third-order valence-electron chi connectivity index (χ3n) is 5.60. The number of hydrogen-bond donors (Lipinski definition) is 1. The van der Waals surface area contributed by atoms with Crippen molar-refractivity contribution in [1.29, 1.82) is 0 Å². The van der Waals surface area contributed by atoms with Crippen LogP contribution in [0, 0.1) is 0 Å². The molecule has 0 aromatic carbocycles. The number of nitrogens with one attached hydrogen (secondary N) is 1. The summed E-state index contributed by atoms with van der Waals surface area (Å²) in [5, 5.41) is 7.70. The van der Waals surface area contributed by atoms with Gasteiger partial charge in [-0.2, -0.15) is 5.10 Å². The third-order valence-corrected chi connectivity index (χ3v) is 5.60. The van der Waals surface area contributed by atoms with Crippen molar-refractivity contribution >= 4 is 11.9 Å². The molecule has 1 fully saturated rings. The highest BCUT2D eigenvalue weighted by Gasteiger charge is 2.27. The number of piperidine rings is 1. The molecule has 0 aliphatic carbocycles. The van der Waals surface area contributed by atoms with Crippen molar-refractivity contribution in [3.05, 3.63) is 34.9 Å². The van der Waals surface area contributed by atoms with Gasteiger partial charge in [-0.05, 0) is 18.9 Å². The van der Waals surface area contributed by atoms with Gasteiger partial charge in [0, 0.05) is 49.8 Å². The SMILES string of the molecule is Cn1nc(C(C)(C)C)cc1C(=O)N[C@H]1CCCN(c2ncc3c(n2)CCOC3)C1. The van der Waals surface area contributed by atoms with E-state index < -0.39 is 0 Å². The van der Waals surface area contributed by atoms with Crippen LogP contribution < -0.4 is 10.2 Å². The lowest BCUT2D eigenvalue weighted by Gasteiger charge is -2.33. The van der Waals surface area contributed by atoms with E-state index in [0.717, 1.165) is 48.7 Å². The van der Waals surface area contributed by atoms with Crippen molar-refractivity contribution in [2.24, 2.45) is 7.05 Å². The average molecular weight is 399 g/mol. The minimum Gasteiger partial charge on any atom is -0.376 e. The Morgan fingerprint density at radius 2 is 2.17 bits per heavy atom. The molecule has 1 atom stereocenters. The van der Waals surface area contributed by atoms with Crippen LogP contribution in [0.25, 0.3) is 0 Å². The van der Waals surface area contributed by atoms with Crippen molar-refractivity contribution in [3.8, 4) is 0 Å². The fraction of sp³-hybridized carbons (Fsp3) is 0.619. The maximum atomic E-state index is 12.9. The minimum absolute atomic E-state index is 0.0622. The average Bonchev–Trinajstić information content (AvgIpc) is 3.10. The zero-order valence-electron chi connectivity index (χ0n) is 17.7. The second-order valence-corrected chi connectivity index (χ2v) is 8.99. The van der Waals surface area contributed by atoms with Crippen molar-refractivity contribution in [2.45, 2.75) is 58.1 Å². The van der Waals surface area contributed by atoms with Gasteiger partial charge in [-0.3, -0.25) is 9.48 Å². The highest BCUT2D eigenvalue weighted by molar-refractivity contribution is 5.93. The molecule has 4 rings (SSSR count). The van der Waals surface area contributed by atoms with Crippen LogP contribution in [0.3, 0.4) is 0 Å². The fourth-order valence-electron chi connectivity index (χ4n) is 3.85. The van der Waals surface area contributed by atoms with Gasteiger partial charge in [0.1, 0.15) is 5.69 Å². The first-order valence-electron chi connectivity index (χ1n) is 10.3. The van der Waals surface area contributed by atoms with E-state index in [4.69, 9.17) is 9.72 Å². The number of anilines is 1. The Morgan fingerprint density at radius 1 is 1.34 bits per heavy atom. The molecule has 0 unspecified atom stereocenters. The molecule has 2 aromatic rings. The van der Waals surface area contributed by atoms with Crippen LogP contribution >= 0.6 is 0 Å². The number of fused-ring (bicyclic) bond motifs is 1. The second kappa shape index (κ2) is 7.74. The Morgan fingerprint density at radius 3 is 2.93 bits per heavy atom.